The third kappa shape index (κ3) is 4.52. The van der Waals surface area contributed by atoms with Crippen LogP contribution in [0.3, 0.4) is 0 Å². The lowest BCUT2D eigenvalue weighted by Crippen LogP contribution is -2.47. The number of aliphatic imine (C=N–C) groups is 1. The number of hydrogen-bond donors (Lipinski definition) is 0. The van der Waals surface area contributed by atoms with Gasteiger partial charge in [-0.2, -0.15) is 4.99 Å². The van der Waals surface area contributed by atoms with Crippen molar-refractivity contribution in [3.63, 3.8) is 0 Å². The van der Waals surface area contributed by atoms with Crippen molar-refractivity contribution in [1.29, 1.82) is 0 Å². The molecular weight excluding hydrogens is 513 g/mol. The lowest BCUT2D eigenvalue weighted by molar-refractivity contribution is -0.113. The van der Waals surface area contributed by atoms with E-state index in [0.29, 0.717) is 26.5 Å². The quantitative estimate of drug-likeness (QED) is 0.260. The predicted molar refractivity (Wildman–Crippen MR) is 150 cm³/mol. The molecule has 36 heavy (non-hydrogen) atoms. The van der Waals surface area contributed by atoms with Crippen molar-refractivity contribution in [2.75, 3.05) is 31.1 Å². The van der Waals surface area contributed by atoms with Crippen molar-refractivity contribution < 1.29 is 9.21 Å². The average Bonchev–Trinajstić information content (AvgIpc) is 3.50. The highest BCUT2D eigenvalue weighted by atomic mass is 35.5. The Morgan fingerprint density at radius 3 is 2.50 bits per heavy atom. The van der Waals surface area contributed by atoms with E-state index in [1.165, 1.54) is 28.2 Å². The van der Waals surface area contributed by atoms with Crippen LogP contribution in [0.15, 0.2) is 87.1 Å². The Morgan fingerprint density at radius 2 is 1.67 bits per heavy atom. The van der Waals surface area contributed by atoms with E-state index in [2.05, 4.69) is 57.3 Å². The molecule has 0 atom stereocenters. The average molecular weight is 534 g/mol. The summed E-state index contributed by atoms with van der Waals surface area (Å²) in [7, 11) is 0. The predicted octanol–water partition coefficient (Wildman–Crippen LogP) is 7.20. The molecule has 8 heteroatoms. The highest BCUT2D eigenvalue weighted by molar-refractivity contribution is 8.18. The lowest BCUT2D eigenvalue weighted by Gasteiger charge is -2.37. The topological polar surface area (TPSA) is 49.1 Å². The highest BCUT2D eigenvalue weighted by Gasteiger charge is 2.29. The summed E-state index contributed by atoms with van der Waals surface area (Å²) >= 11 is 13.7. The molecule has 5 nitrogen and oxygen atoms in total. The van der Waals surface area contributed by atoms with Gasteiger partial charge in [-0.3, -0.25) is 4.79 Å². The van der Waals surface area contributed by atoms with Gasteiger partial charge in [-0.1, -0.05) is 59.6 Å². The number of thioether (sulfide) groups is 1. The van der Waals surface area contributed by atoms with Gasteiger partial charge in [0.2, 0.25) is 0 Å². The molecule has 0 spiro atoms. The van der Waals surface area contributed by atoms with Gasteiger partial charge in [-0.15, -0.1) is 0 Å². The maximum atomic E-state index is 12.6. The third-order valence-corrected chi connectivity index (χ3v) is 7.96. The van der Waals surface area contributed by atoms with Gasteiger partial charge in [0.25, 0.3) is 5.91 Å². The maximum Gasteiger partial charge on any atom is 0.286 e. The van der Waals surface area contributed by atoms with Crippen LogP contribution in [0, 0.1) is 0 Å². The van der Waals surface area contributed by atoms with E-state index < -0.39 is 0 Å². The Kier molecular flexibility index (Phi) is 6.25. The summed E-state index contributed by atoms with van der Waals surface area (Å²) in [6.07, 6.45) is 1.74. The second-order valence-corrected chi connectivity index (χ2v) is 10.5. The van der Waals surface area contributed by atoms with E-state index in [1.807, 2.05) is 18.2 Å². The molecule has 0 aliphatic carbocycles. The minimum Gasteiger partial charge on any atom is -0.457 e. The van der Waals surface area contributed by atoms with E-state index in [9.17, 15) is 4.79 Å². The Morgan fingerprint density at radius 1 is 0.889 bits per heavy atom. The molecule has 1 saturated heterocycles. The monoisotopic (exact) mass is 533 g/mol. The second kappa shape index (κ2) is 9.69. The van der Waals surface area contributed by atoms with Crippen molar-refractivity contribution in [2.24, 2.45) is 4.99 Å². The fraction of sp³-hybridized carbons (Fsp3) is 0.143. The number of amidine groups is 1. The minimum atomic E-state index is -0.242. The van der Waals surface area contributed by atoms with Crippen LogP contribution in [0.5, 0.6) is 0 Å². The minimum absolute atomic E-state index is 0.242. The van der Waals surface area contributed by atoms with Crippen LogP contribution in [-0.4, -0.2) is 42.2 Å². The SMILES string of the molecule is O=C1N=C(N2CCN(c3cccc4ccccc34)CC2)S/C1=C\c1ccc(-c2ccc(Cl)cc2Cl)o1. The van der Waals surface area contributed by atoms with E-state index >= 15 is 0 Å². The molecule has 0 saturated carbocycles. The van der Waals surface area contributed by atoms with Gasteiger partial charge in [-0.05, 0) is 53.5 Å². The number of amides is 1. The summed E-state index contributed by atoms with van der Waals surface area (Å²) < 4.78 is 5.94. The van der Waals surface area contributed by atoms with Gasteiger partial charge >= 0.3 is 0 Å². The first-order valence-corrected chi connectivity index (χ1v) is 13.2. The number of nitrogens with zero attached hydrogens (tertiary/aromatic N) is 3. The first kappa shape index (κ1) is 23.2. The Hall–Kier alpha value is -3.19. The fourth-order valence-electron chi connectivity index (χ4n) is 4.55. The summed E-state index contributed by atoms with van der Waals surface area (Å²) in [4.78, 5) is 22.1. The number of fused-ring (bicyclic) bond motifs is 1. The number of benzene rings is 3. The summed E-state index contributed by atoms with van der Waals surface area (Å²) in [6, 6.07) is 23.8. The second-order valence-electron chi connectivity index (χ2n) is 8.61. The van der Waals surface area contributed by atoms with Gasteiger partial charge in [0, 0.05) is 53.9 Å². The first-order valence-electron chi connectivity index (χ1n) is 11.6. The molecule has 2 aliphatic heterocycles. The highest BCUT2D eigenvalue weighted by Crippen LogP contribution is 2.35. The smallest absolute Gasteiger partial charge is 0.286 e. The van der Waals surface area contributed by atoms with Crippen LogP contribution >= 0.6 is 35.0 Å². The van der Waals surface area contributed by atoms with Crippen molar-refractivity contribution in [3.8, 4) is 11.3 Å². The van der Waals surface area contributed by atoms with Gasteiger partial charge in [0.15, 0.2) is 5.17 Å². The van der Waals surface area contributed by atoms with Gasteiger partial charge in [-0.25, -0.2) is 0 Å². The zero-order valence-corrected chi connectivity index (χ0v) is 21.5. The molecule has 4 aromatic rings. The van der Waals surface area contributed by atoms with Gasteiger partial charge in [0.1, 0.15) is 11.5 Å². The molecule has 1 fully saturated rings. The van der Waals surface area contributed by atoms with Gasteiger partial charge in [0.05, 0.1) is 9.93 Å². The van der Waals surface area contributed by atoms with Crippen LogP contribution in [-0.2, 0) is 4.79 Å². The Balaban J connectivity index is 1.13. The van der Waals surface area contributed by atoms with Crippen LogP contribution in [0.1, 0.15) is 5.76 Å². The van der Waals surface area contributed by atoms with Crippen LogP contribution in [0.25, 0.3) is 28.2 Å². The summed E-state index contributed by atoms with van der Waals surface area (Å²) in [5.41, 5.74) is 2.00. The van der Waals surface area contributed by atoms with Crippen molar-refractivity contribution >= 4 is 68.6 Å². The largest absolute Gasteiger partial charge is 0.457 e. The maximum absolute atomic E-state index is 12.6. The molecule has 0 radical (unpaired) electrons. The summed E-state index contributed by atoms with van der Waals surface area (Å²) in [5, 5.41) is 4.33. The summed E-state index contributed by atoms with van der Waals surface area (Å²) in [5.74, 6) is 0.947. The van der Waals surface area contributed by atoms with E-state index in [1.54, 1.807) is 18.2 Å². The number of halogens is 2. The molecular formula is C28H21Cl2N3O2S. The lowest BCUT2D eigenvalue weighted by atomic mass is 10.1. The molecule has 180 valence electrons. The molecule has 6 rings (SSSR count). The number of piperazine rings is 1. The molecule has 1 amide bonds. The first-order chi connectivity index (χ1) is 17.5. The van der Waals surface area contributed by atoms with Crippen molar-refractivity contribution in [2.45, 2.75) is 0 Å². The Bertz CT molecular complexity index is 1530. The molecule has 0 N–H and O–H groups in total. The molecule has 0 bridgehead atoms. The number of hydrogen-bond acceptors (Lipinski definition) is 5. The zero-order valence-electron chi connectivity index (χ0n) is 19.2. The normalized spacial score (nSPS) is 17.3. The van der Waals surface area contributed by atoms with E-state index in [4.69, 9.17) is 27.6 Å². The van der Waals surface area contributed by atoms with Crippen LogP contribution in [0.2, 0.25) is 10.0 Å². The molecule has 1 aromatic heterocycles. The molecule has 2 aliphatic rings. The zero-order chi connectivity index (χ0) is 24.6. The molecule has 3 aromatic carbocycles. The number of carbonyl (C=O) groups excluding carboxylic acids is 1. The number of carbonyl (C=O) groups is 1. The van der Waals surface area contributed by atoms with Crippen molar-refractivity contribution in [1.82, 2.24) is 4.90 Å². The molecule has 0 unspecified atom stereocenters. The van der Waals surface area contributed by atoms with Crippen LogP contribution in [0.4, 0.5) is 5.69 Å². The van der Waals surface area contributed by atoms with Crippen LogP contribution < -0.4 is 4.90 Å². The van der Waals surface area contributed by atoms with E-state index in [-0.39, 0.29) is 5.91 Å². The fourth-order valence-corrected chi connectivity index (χ4v) is 6.00. The molecule has 3 heterocycles. The summed E-state index contributed by atoms with van der Waals surface area (Å²) in [6.45, 7) is 3.33. The number of rotatable bonds is 3. The number of anilines is 1. The van der Waals surface area contributed by atoms with E-state index in [0.717, 1.165) is 36.9 Å². The number of furan rings is 1. The third-order valence-electron chi connectivity index (χ3n) is 6.36. The van der Waals surface area contributed by atoms with Gasteiger partial charge < -0.3 is 14.2 Å². The van der Waals surface area contributed by atoms with Crippen molar-refractivity contribution in [3.05, 3.63) is 93.5 Å². The Labute approximate surface area is 223 Å². The standard InChI is InChI=1S/C28H21Cl2N3O2S/c29-19-8-10-22(23(30)16-19)25-11-9-20(35-25)17-26-27(34)31-28(36-26)33-14-12-32(13-15-33)24-7-3-5-18-4-1-2-6-21(18)24/h1-11,16-17H,12-15H2/b26-17-.